The quantitative estimate of drug-likeness (QED) is 0.275. The molecule has 0 N–H and O–H groups in total. The van der Waals surface area contributed by atoms with Gasteiger partial charge in [-0.1, -0.05) is 0 Å². The third-order valence-electron chi connectivity index (χ3n) is 6.37. The van der Waals surface area contributed by atoms with Gasteiger partial charge in [0.05, 0.1) is 55.8 Å². The lowest BCUT2D eigenvalue weighted by molar-refractivity contribution is -0.0365. The van der Waals surface area contributed by atoms with Crippen LogP contribution in [-0.2, 0) is 33.8 Å². The van der Waals surface area contributed by atoms with Crippen LogP contribution in [0.2, 0.25) is 0 Å². The molecule has 39 heavy (non-hydrogen) atoms. The molecule has 4 rings (SSSR count). The van der Waals surface area contributed by atoms with Gasteiger partial charge >= 0.3 is 0 Å². The van der Waals surface area contributed by atoms with E-state index in [9.17, 15) is 16.8 Å². The van der Waals surface area contributed by atoms with Crippen LogP contribution in [0.15, 0.2) is 30.6 Å². The monoisotopic (exact) mass is 584 g/mol. The third kappa shape index (κ3) is 8.01. The van der Waals surface area contributed by atoms with Crippen molar-refractivity contribution >= 4 is 31.0 Å². The number of fused-ring (bicyclic) bond motifs is 1. The summed E-state index contributed by atoms with van der Waals surface area (Å²) in [6, 6.07) is 5.72. The maximum atomic E-state index is 12.0. The summed E-state index contributed by atoms with van der Waals surface area (Å²) in [6.07, 6.45) is 8.53. The molecule has 12 nitrogen and oxygen atoms in total. The van der Waals surface area contributed by atoms with Gasteiger partial charge in [-0.25, -0.2) is 13.1 Å². The molecule has 0 spiro atoms. The molecule has 0 amide bonds. The minimum atomic E-state index is -3.53. The van der Waals surface area contributed by atoms with Crippen LogP contribution < -0.4 is 4.74 Å². The van der Waals surface area contributed by atoms with Gasteiger partial charge in [0.25, 0.3) is 20.1 Å². The summed E-state index contributed by atoms with van der Waals surface area (Å²) >= 11 is 0. The number of hydrogen-bond acceptors (Lipinski definition) is 10. The molecule has 0 bridgehead atoms. The highest BCUT2D eigenvalue weighted by Crippen LogP contribution is 2.35. The van der Waals surface area contributed by atoms with Crippen LogP contribution in [0.25, 0.3) is 22.2 Å². The van der Waals surface area contributed by atoms with Crippen molar-refractivity contribution in [3.63, 3.8) is 0 Å². The Balaban J connectivity index is 1.48. The summed E-state index contributed by atoms with van der Waals surface area (Å²) in [6.45, 7) is 5.00. The predicted octanol–water partition coefficient (Wildman–Crippen LogP) is 3.34. The summed E-state index contributed by atoms with van der Waals surface area (Å²) in [4.78, 5) is 0. The molecule has 1 aliphatic heterocycles. The number of rotatable bonds is 13. The van der Waals surface area contributed by atoms with Crippen LogP contribution >= 0.6 is 0 Å². The van der Waals surface area contributed by atoms with E-state index >= 15 is 0 Å². The minimum Gasteiger partial charge on any atom is -0.491 e. The van der Waals surface area contributed by atoms with E-state index in [4.69, 9.17) is 23.5 Å². The molecule has 1 fully saturated rings. The molecule has 3 unspecified atom stereocenters. The molecule has 2 aromatic heterocycles. The van der Waals surface area contributed by atoms with E-state index in [1.54, 1.807) is 0 Å². The molecular weight excluding hydrogens is 548 g/mol. The lowest BCUT2D eigenvalue weighted by atomic mass is 10.1. The molecule has 3 heterocycles. The fraction of sp³-hybridized carbons (Fsp3) is 0.600. The predicted molar refractivity (Wildman–Crippen MR) is 146 cm³/mol. The fourth-order valence-corrected chi connectivity index (χ4v) is 5.25. The van der Waals surface area contributed by atoms with Crippen molar-refractivity contribution in [2.75, 3.05) is 32.3 Å². The van der Waals surface area contributed by atoms with E-state index in [0.29, 0.717) is 43.1 Å². The standard InChI is InChI=1S/C25H36N4O8S2/c1-18(11-14-36-39(4,32)33)34-13-10-19(2)37-21-8-9-23-22(15-21)25(20-16-26-28(17-20)38(3,30)31)27-29(23)24-7-5-6-12-35-24/h8-9,15-19,24H,5-7,10-14H2,1-4H3. The van der Waals surface area contributed by atoms with Gasteiger partial charge in [0, 0.05) is 24.0 Å². The Kier molecular flexibility index (Phi) is 9.32. The molecular formula is C25H36N4O8S2. The minimum absolute atomic E-state index is 0.0804. The van der Waals surface area contributed by atoms with Crippen LogP contribution in [0.4, 0.5) is 0 Å². The Labute approximate surface area is 229 Å². The molecule has 1 aliphatic rings. The first-order chi connectivity index (χ1) is 18.4. The maximum absolute atomic E-state index is 12.0. The molecule has 14 heteroatoms. The average molecular weight is 585 g/mol. The van der Waals surface area contributed by atoms with Gasteiger partial charge in [-0.2, -0.15) is 22.7 Å². The van der Waals surface area contributed by atoms with Gasteiger partial charge in [-0.15, -0.1) is 0 Å². The lowest BCUT2D eigenvalue weighted by Crippen LogP contribution is -2.19. The largest absolute Gasteiger partial charge is 0.491 e. The Morgan fingerprint density at radius 1 is 1.08 bits per heavy atom. The van der Waals surface area contributed by atoms with Crippen molar-refractivity contribution in [2.24, 2.45) is 0 Å². The number of aromatic nitrogens is 4. The fourth-order valence-electron chi connectivity index (χ4n) is 4.33. The molecule has 0 radical (unpaired) electrons. The third-order valence-corrected chi connectivity index (χ3v) is 7.84. The molecule has 3 aromatic rings. The van der Waals surface area contributed by atoms with Crippen molar-refractivity contribution < 1.29 is 35.2 Å². The van der Waals surface area contributed by atoms with Gasteiger partial charge in [0.1, 0.15) is 11.4 Å². The second-order valence-electron chi connectivity index (χ2n) is 9.87. The van der Waals surface area contributed by atoms with Crippen LogP contribution in [0.5, 0.6) is 5.75 Å². The van der Waals surface area contributed by atoms with E-state index in [-0.39, 0.29) is 25.0 Å². The molecule has 216 valence electrons. The van der Waals surface area contributed by atoms with E-state index in [2.05, 4.69) is 5.10 Å². The SMILES string of the molecule is CC(CCOS(C)(=O)=O)OCCC(C)Oc1ccc2c(c1)c(-c1cnn(S(C)(=O)=O)c1)nn2C1CCCCO1. The first-order valence-corrected chi connectivity index (χ1v) is 16.6. The van der Waals surface area contributed by atoms with Gasteiger partial charge in [0.15, 0.2) is 6.23 Å². The summed E-state index contributed by atoms with van der Waals surface area (Å²) in [5.74, 6) is 0.644. The zero-order valence-corrected chi connectivity index (χ0v) is 24.3. The summed E-state index contributed by atoms with van der Waals surface area (Å²) in [5, 5.41) is 9.64. The molecule has 0 saturated carbocycles. The van der Waals surface area contributed by atoms with Crippen molar-refractivity contribution in [3.05, 3.63) is 30.6 Å². The van der Waals surface area contributed by atoms with Gasteiger partial charge < -0.3 is 14.2 Å². The second-order valence-corrected chi connectivity index (χ2v) is 13.4. The number of ether oxygens (including phenoxy) is 3. The van der Waals surface area contributed by atoms with Gasteiger partial charge in [-0.05, 0) is 57.7 Å². The highest BCUT2D eigenvalue weighted by molar-refractivity contribution is 7.89. The average Bonchev–Trinajstić information content (AvgIpc) is 3.49. The van der Waals surface area contributed by atoms with Crippen molar-refractivity contribution in [2.45, 2.75) is 64.4 Å². The van der Waals surface area contributed by atoms with Crippen LogP contribution in [-0.4, -0.2) is 80.3 Å². The van der Waals surface area contributed by atoms with Crippen molar-refractivity contribution in [1.29, 1.82) is 0 Å². The molecule has 3 atom stereocenters. The van der Waals surface area contributed by atoms with Crippen LogP contribution in [0.3, 0.4) is 0 Å². The number of hydrogen-bond donors (Lipinski definition) is 0. The number of nitrogens with zero attached hydrogens (tertiary/aromatic N) is 4. The van der Waals surface area contributed by atoms with Gasteiger partial charge in [-0.3, -0.25) is 4.18 Å². The van der Waals surface area contributed by atoms with Gasteiger partial charge in [0.2, 0.25) is 0 Å². The normalized spacial score (nSPS) is 18.3. The lowest BCUT2D eigenvalue weighted by Gasteiger charge is -2.23. The van der Waals surface area contributed by atoms with Crippen molar-refractivity contribution in [3.8, 4) is 17.0 Å². The zero-order chi connectivity index (χ0) is 28.2. The first kappa shape index (κ1) is 29.5. The summed E-state index contributed by atoms with van der Waals surface area (Å²) in [7, 11) is -6.99. The Hall–Kier alpha value is -2.52. The summed E-state index contributed by atoms with van der Waals surface area (Å²) < 4.78 is 71.6. The maximum Gasteiger partial charge on any atom is 0.264 e. The highest BCUT2D eigenvalue weighted by atomic mass is 32.2. The Morgan fingerprint density at radius 2 is 1.85 bits per heavy atom. The first-order valence-electron chi connectivity index (χ1n) is 12.9. The van der Waals surface area contributed by atoms with Crippen molar-refractivity contribution in [1.82, 2.24) is 19.0 Å². The zero-order valence-electron chi connectivity index (χ0n) is 22.6. The van der Waals surface area contributed by atoms with E-state index in [1.165, 1.54) is 12.4 Å². The molecule has 1 aromatic carbocycles. The van der Waals surface area contributed by atoms with E-state index in [1.807, 2.05) is 36.7 Å². The van der Waals surface area contributed by atoms with Crippen LogP contribution in [0, 0.1) is 0 Å². The van der Waals surface area contributed by atoms with Crippen LogP contribution in [0.1, 0.15) is 52.2 Å². The topological polar surface area (TPSA) is 141 Å². The summed E-state index contributed by atoms with van der Waals surface area (Å²) in [5.41, 5.74) is 2.03. The smallest absolute Gasteiger partial charge is 0.264 e. The Morgan fingerprint density at radius 3 is 2.51 bits per heavy atom. The van der Waals surface area contributed by atoms with E-state index in [0.717, 1.165) is 46.8 Å². The Bertz CT molecular complexity index is 1480. The molecule has 0 aliphatic carbocycles. The number of benzene rings is 1. The molecule has 1 saturated heterocycles. The highest BCUT2D eigenvalue weighted by Gasteiger charge is 2.23. The second kappa shape index (κ2) is 12.3. The van der Waals surface area contributed by atoms with E-state index < -0.39 is 20.1 Å².